The number of carboxylic acids is 1. The highest BCUT2D eigenvalue weighted by Gasteiger charge is 2.20. The Bertz CT molecular complexity index is 670. The number of hydrogen-bond acceptors (Lipinski definition) is 2. The van der Waals surface area contributed by atoms with Crippen LogP contribution in [0.5, 0.6) is 0 Å². The van der Waals surface area contributed by atoms with Crippen LogP contribution in [0.2, 0.25) is 0 Å². The molecule has 0 radical (unpaired) electrons. The predicted molar refractivity (Wildman–Crippen MR) is 80.3 cm³/mol. The molecule has 0 unspecified atom stereocenters. The molecule has 20 heavy (non-hydrogen) atoms. The first-order valence-corrected chi connectivity index (χ1v) is 6.66. The molecule has 0 aromatic heterocycles. The van der Waals surface area contributed by atoms with Crippen molar-refractivity contribution in [2.24, 2.45) is 0 Å². The molecule has 0 spiro atoms. The molecule has 1 N–H and O–H groups in total. The molecule has 102 valence electrons. The second kappa shape index (κ2) is 5.88. The van der Waals surface area contributed by atoms with E-state index in [1.54, 1.807) is 43.4 Å². The second-order valence-electron chi connectivity index (χ2n) is 4.17. The Morgan fingerprint density at radius 3 is 2.15 bits per heavy atom. The van der Waals surface area contributed by atoms with E-state index >= 15 is 0 Å². The van der Waals surface area contributed by atoms with E-state index in [-0.39, 0.29) is 11.5 Å². The number of carbonyl (C=O) groups excluding carboxylic acids is 1. The molecular weight excluding hydrogens is 322 g/mol. The Kier molecular flexibility index (Phi) is 4.20. The van der Waals surface area contributed by atoms with Gasteiger partial charge in [-0.2, -0.15) is 0 Å². The molecule has 2 aromatic rings. The largest absolute Gasteiger partial charge is 0.478 e. The van der Waals surface area contributed by atoms with Gasteiger partial charge in [-0.25, -0.2) is 4.79 Å². The summed E-state index contributed by atoms with van der Waals surface area (Å²) >= 11 is 3.32. The Hall–Kier alpha value is -2.14. The number of carboxylic acid groups (broad SMARTS) is 1. The van der Waals surface area contributed by atoms with E-state index in [1.165, 1.54) is 11.0 Å². The molecule has 5 heteroatoms. The molecule has 0 saturated heterocycles. The Balaban J connectivity index is 2.42. The molecule has 0 aliphatic heterocycles. The van der Waals surface area contributed by atoms with Crippen LogP contribution in [0.25, 0.3) is 0 Å². The lowest BCUT2D eigenvalue weighted by Gasteiger charge is -2.20. The van der Waals surface area contributed by atoms with Crippen LogP contribution in [-0.2, 0) is 0 Å². The first-order chi connectivity index (χ1) is 9.52. The molecule has 4 nitrogen and oxygen atoms in total. The van der Waals surface area contributed by atoms with Crippen LogP contribution in [0.3, 0.4) is 0 Å². The highest BCUT2D eigenvalue weighted by atomic mass is 79.9. The fourth-order valence-electron chi connectivity index (χ4n) is 1.87. The number of amides is 1. The third kappa shape index (κ3) is 2.72. The van der Waals surface area contributed by atoms with Gasteiger partial charge < -0.3 is 10.0 Å². The van der Waals surface area contributed by atoms with E-state index < -0.39 is 5.97 Å². The summed E-state index contributed by atoms with van der Waals surface area (Å²) in [5.74, 6) is -1.33. The minimum atomic E-state index is -1.06. The lowest BCUT2D eigenvalue weighted by Crippen LogP contribution is -2.28. The zero-order chi connectivity index (χ0) is 14.7. The van der Waals surface area contributed by atoms with E-state index in [0.717, 1.165) is 0 Å². The van der Waals surface area contributed by atoms with Crippen LogP contribution in [0.15, 0.2) is 53.0 Å². The normalized spacial score (nSPS) is 10.1. The van der Waals surface area contributed by atoms with Gasteiger partial charge in [-0.1, -0.05) is 24.3 Å². The Labute approximate surface area is 124 Å². The summed E-state index contributed by atoms with van der Waals surface area (Å²) in [6.45, 7) is 0. The number of carbonyl (C=O) groups is 2. The highest BCUT2D eigenvalue weighted by molar-refractivity contribution is 9.10. The summed E-state index contributed by atoms with van der Waals surface area (Å²) in [5, 5.41) is 9.17. The molecule has 0 heterocycles. The van der Waals surface area contributed by atoms with Crippen LogP contribution >= 0.6 is 15.9 Å². The average molecular weight is 334 g/mol. The molecule has 1 amide bonds. The minimum absolute atomic E-state index is 0.0930. The number of para-hydroxylation sites is 1. The van der Waals surface area contributed by atoms with E-state index in [0.29, 0.717) is 15.7 Å². The van der Waals surface area contributed by atoms with Crippen molar-refractivity contribution in [2.75, 3.05) is 11.9 Å². The number of rotatable bonds is 3. The zero-order valence-electron chi connectivity index (χ0n) is 10.7. The molecule has 0 aliphatic carbocycles. The lowest BCUT2D eigenvalue weighted by atomic mass is 10.1. The SMILES string of the molecule is CN(C(=O)c1ccccc1Br)c1ccccc1C(=O)O. The molecule has 0 atom stereocenters. The van der Waals surface area contributed by atoms with Crippen molar-refractivity contribution >= 4 is 33.5 Å². The van der Waals surface area contributed by atoms with Crippen molar-refractivity contribution < 1.29 is 14.7 Å². The smallest absolute Gasteiger partial charge is 0.337 e. The van der Waals surface area contributed by atoms with Gasteiger partial charge in [0.05, 0.1) is 16.8 Å². The second-order valence-corrected chi connectivity index (χ2v) is 5.02. The Morgan fingerprint density at radius 2 is 1.55 bits per heavy atom. The van der Waals surface area contributed by atoms with Crippen molar-refractivity contribution in [3.63, 3.8) is 0 Å². The summed E-state index contributed by atoms with van der Waals surface area (Å²) in [5.41, 5.74) is 0.936. The van der Waals surface area contributed by atoms with E-state index in [9.17, 15) is 14.7 Å². The predicted octanol–water partition coefficient (Wildman–Crippen LogP) is 3.42. The minimum Gasteiger partial charge on any atom is -0.478 e. The number of hydrogen-bond donors (Lipinski definition) is 1. The number of anilines is 1. The standard InChI is InChI=1S/C15H12BrNO3/c1-17(13-9-5-3-7-11(13)15(19)20)14(18)10-6-2-4-8-12(10)16/h2-9H,1H3,(H,19,20). The van der Waals surface area contributed by atoms with E-state index in [1.807, 2.05) is 6.07 Å². The van der Waals surface area contributed by atoms with Crippen molar-refractivity contribution in [1.29, 1.82) is 0 Å². The number of halogens is 1. The van der Waals surface area contributed by atoms with Gasteiger partial charge in [-0.15, -0.1) is 0 Å². The average Bonchev–Trinajstić information content (AvgIpc) is 2.46. The van der Waals surface area contributed by atoms with Gasteiger partial charge in [0.25, 0.3) is 5.91 Å². The monoisotopic (exact) mass is 333 g/mol. The lowest BCUT2D eigenvalue weighted by molar-refractivity contribution is 0.0697. The first kappa shape index (κ1) is 14.3. The maximum Gasteiger partial charge on any atom is 0.337 e. The van der Waals surface area contributed by atoms with Gasteiger partial charge in [-0.05, 0) is 40.2 Å². The molecule has 0 aliphatic rings. The van der Waals surface area contributed by atoms with Crippen LogP contribution in [0.1, 0.15) is 20.7 Å². The fraction of sp³-hybridized carbons (Fsp3) is 0.0667. The van der Waals surface area contributed by atoms with Crippen LogP contribution in [0.4, 0.5) is 5.69 Å². The van der Waals surface area contributed by atoms with Gasteiger partial charge in [0.15, 0.2) is 0 Å². The zero-order valence-corrected chi connectivity index (χ0v) is 12.3. The van der Waals surface area contributed by atoms with Gasteiger partial charge in [-0.3, -0.25) is 4.79 Å². The fourth-order valence-corrected chi connectivity index (χ4v) is 2.33. The molecule has 2 rings (SSSR count). The highest BCUT2D eigenvalue weighted by Crippen LogP contribution is 2.24. The molecule has 0 bridgehead atoms. The van der Waals surface area contributed by atoms with Crippen molar-refractivity contribution in [3.05, 3.63) is 64.1 Å². The molecule has 0 fully saturated rings. The van der Waals surface area contributed by atoms with Gasteiger partial charge in [0.2, 0.25) is 0 Å². The quantitative estimate of drug-likeness (QED) is 0.936. The Morgan fingerprint density at radius 1 is 1.00 bits per heavy atom. The molecular formula is C15H12BrNO3. The molecule has 0 saturated carbocycles. The summed E-state index contributed by atoms with van der Waals surface area (Å²) < 4.78 is 0.671. The molecule has 2 aromatic carbocycles. The maximum atomic E-state index is 12.4. The third-order valence-electron chi connectivity index (χ3n) is 2.90. The summed E-state index contributed by atoms with van der Waals surface area (Å²) in [6.07, 6.45) is 0. The number of aromatic carboxylic acids is 1. The number of nitrogens with zero attached hydrogens (tertiary/aromatic N) is 1. The first-order valence-electron chi connectivity index (χ1n) is 5.87. The van der Waals surface area contributed by atoms with E-state index in [2.05, 4.69) is 15.9 Å². The third-order valence-corrected chi connectivity index (χ3v) is 3.60. The van der Waals surface area contributed by atoms with Gasteiger partial charge in [0.1, 0.15) is 0 Å². The summed E-state index contributed by atoms with van der Waals surface area (Å²) in [6, 6.07) is 13.4. The summed E-state index contributed by atoms with van der Waals surface area (Å²) in [4.78, 5) is 25.0. The van der Waals surface area contributed by atoms with Crippen molar-refractivity contribution in [2.45, 2.75) is 0 Å². The summed E-state index contributed by atoms with van der Waals surface area (Å²) in [7, 11) is 1.56. The number of benzene rings is 2. The van der Waals surface area contributed by atoms with Crippen LogP contribution < -0.4 is 4.90 Å². The van der Waals surface area contributed by atoms with Gasteiger partial charge in [0, 0.05) is 11.5 Å². The van der Waals surface area contributed by atoms with Crippen molar-refractivity contribution in [3.8, 4) is 0 Å². The van der Waals surface area contributed by atoms with Gasteiger partial charge >= 0.3 is 5.97 Å². The van der Waals surface area contributed by atoms with Crippen molar-refractivity contribution in [1.82, 2.24) is 0 Å². The maximum absolute atomic E-state index is 12.4. The van der Waals surface area contributed by atoms with E-state index in [4.69, 9.17) is 0 Å². The van der Waals surface area contributed by atoms with Crippen LogP contribution in [0, 0.1) is 0 Å². The van der Waals surface area contributed by atoms with Crippen LogP contribution in [-0.4, -0.2) is 24.0 Å². The topological polar surface area (TPSA) is 57.6 Å².